The van der Waals surface area contributed by atoms with Crippen molar-refractivity contribution in [1.29, 1.82) is 0 Å². The number of carbonyl (C=O) groups excluding carboxylic acids is 2. The molecule has 2 amide bonds. The second-order valence-electron chi connectivity index (χ2n) is 4.12. The van der Waals surface area contributed by atoms with E-state index in [4.69, 9.17) is 10.8 Å². The molecular formula is C10H17N3O4. The molecule has 0 radical (unpaired) electrons. The van der Waals surface area contributed by atoms with Gasteiger partial charge in [-0.15, -0.1) is 0 Å². The van der Waals surface area contributed by atoms with Crippen molar-refractivity contribution in [2.75, 3.05) is 19.6 Å². The standard InChI is InChI=1S/C10H17N3O4/c11-8(14)5-13(6-10(16)17)7-2-1-3-12-9(15)4-7/h7H,1-6H2,(H2,11,14)(H,12,15)(H,16,17). The zero-order valence-corrected chi connectivity index (χ0v) is 9.52. The average molecular weight is 243 g/mol. The first-order chi connectivity index (χ1) is 7.99. The zero-order chi connectivity index (χ0) is 12.8. The van der Waals surface area contributed by atoms with Gasteiger partial charge in [0, 0.05) is 19.0 Å². The molecule has 1 rings (SSSR count). The highest BCUT2D eigenvalue weighted by molar-refractivity contribution is 5.79. The van der Waals surface area contributed by atoms with Gasteiger partial charge >= 0.3 is 5.97 Å². The lowest BCUT2D eigenvalue weighted by Gasteiger charge is -2.27. The molecule has 7 heteroatoms. The van der Waals surface area contributed by atoms with Gasteiger partial charge in [0.15, 0.2) is 0 Å². The second-order valence-corrected chi connectivity index (χ2v) is 4.12. The Morgan fingerprint density at radius 2 is 2.18 bits per heavy atom. The first-order valence-corrected chi connectivity index (χ1v) is 5.50. The lowest BCUT2D eigenvalue weighted by molar-refractivity contribution is -0.140. The minimum absolute atomic E-state index is 0.118. The maximum absolute atomic E-state index is 11.4. The Morgan fingerprint density at radius 1 is 1.47 bits per heavy atom. The summed E-state index contributed by atoms with van der Waals surface area (Å²) < 4.78 is 0. The van der Waals surface area contributed by atoms with E-state index in [9.17, 15) is 14.4 Å². The van der Waals surface area contributed by atoms with E-state index in [2.05, 4.69) is 5.32 Å². The van der Waals surface area contributed by atoms with Crippen LogP contribution in [0.5, 0.6) is 0 Å². The van der Waals surface area contributed by atoms with Gasteiger partial charge in [0.25, 0.3) is 0 Å². The number of nitrogens with two attached hydrogens (primary N) is 1. The van der Waals surface area contributed by atoms with E-state index in [-0.39, 0.29) is 31.5 Å². The van der Waals surface area contributed by atoms with Gasteiger partial charge in [0.2, 0.25) is 11.8 Å². The summed E-state index contributed by atoms with van der Waals surface area (Å²) in [4.78, 5) is 34.4. The molecule has 1 aliphatic heterocycles. The van der Waals surface area contributed by atoms with Gasteiger partial charge < -0.3 is 16.2 Å². The van der Waals surface area contributed by atoms with Crippen molar-refractivity contribution in [1.82, 2.24) is 10.2 Å². The molecule has 0 aromatic carbocycles. The Bertz CT molecular complexity index is 303. The number of rotatable bonds is 5. The number of carbonyl (C=O) groups is 3. The first kappa shape index (κ1) is 13.4. The highest BCUT2D eigenvalue weighted by atomic mass is 16.4. The van der Waals surface area contributed by atoms with Crippen molar-refractivity contribution >= 4 is 17.8 Å². The second kappa shape index (κ2) is 6.19. The van der Waals surface area contributed by atoms with E-state index < -0.39 is 11.9 Å². The van der Waals surface area contributed by atoms with Crippen LogP contribution in [0.3, 0.4) is 0 Å². The molecule has 1 heterocycles. The number of hydrogen-bond acceptors (Lipinski definition) is 4. The average Bonchev–Trinajstić information content (AvgIpc) is 2.40. The van der Waals surface area contributed by atoms with Crippen LogP contribution in [0, 0.1) is 0 Å². The lowest BCUT2D eigenvalue weighted by Crippen LogP contribution is -2.45. The fraction of sp³-hybridized carbons (Fsp3) is 0.700. The number of carboxylic acids is 1. The lowest BCUT2D eigenvalue weighted by atomic mass is 10.1. The molecular weight excluding hydrogens is 226 g/mol. The number of primary amides is 1. The van der Waals surface area contributed by atoms with Gasteiger partial charge in [0.1, 0.15) is 0 Å². The van der Waals surface area contributed by atoms with Gasteiger partial charge in [-0.05, 0) is 12.8 Å². The molecule has 1 saturated heterocycles. The van der Waals surface area contributed by atoms with E-state index in [1.54, 1.807) is 0 Å². The molecule has 4 N–H and O–H groups in total. The van der Waals surface area contributed by atoms with E-state index in [0.717, 1.165) is 6.42 Å². The molecule has 17 heavy (non-hydrogen) atoms. The highest BCUT2D eigenvalue weighted by Gasteiger charge is 2.26. The Balaban J connectivity index is 2.68. The summed E-state index contributed by atoms with van der Waals surface area (Å²) in [6, 6.07) is -0.235. The summed E-state index contributed by atoms with van der Waals surface area (Å²) in [5.41, 5.74) is 5.08. The molecule has 1 fully saturated rings. The third-order valence-electron chi connectivity index (χ3n) is 2.67. The predicted molar refractivity (Wildman–Crippen MR) is 59.1 cm³/mol. The number of aliphatic carboxylic acids is 1. The minimum Gasteiger partial charge on any atom is -0.480 e. The summed E-state index contributed by atoms with van der Waals surface area (Å²) in [6.45, 7) is 0.179. The van der Waals surface area contributed by atoms with Crippen molar-refractivity contribution in [3.63, 3.8) is 0 Å². The Labute approximate surface area is 98.9 Å². The molecule has 0 bridgehead atoms. The molecule has 1 unspecified atom stereocenters. The summed E-state index contributed by atoms with van der Waals surface area (Å²) in [5.74, 6) is -1.74. The van der Waals surface area contributed by atoms with Crippen molar-refractivity contribution in [3.8, 4) is 0 Å². The molecule has 96 valence electrons. The quantitative estimate of drug-likeness (QED) is 0.545. The topological polar surface area (TPSA) is 113 Å². The molecule has 0 aromatic heterocycles. The van der Waals surface area contributed by atoms with Crippen LogP contribution in [0.25, 0.3) is 0 Å². The Kier molecular flexibility index (Phi) is 4.89. The third-order valence-corrected chi connectivity index (χ3v) is 2.67. The van der Waals surface area contributed by atoms with Crippen LogP contribution in [0.1, 0.15) is 19.3 Å². The fourth-order valence-electron chi connectivity index (χ4n) is 1.95. The molecule has 0 aliphatic carbocycles. The van der Waals surface area contributed by atoms with Gasteiger partial charge in [-0.2, -0.15) is 0 Å². The minimum atomic E-state index is -1.03. The van der Waals surface area contributed by atoms with Crippen molar-refractivity contribution in [3.05, 3.63) is 0 Å². The predicted octanol–water partition coefficient (Wildman–Crippen LogP) is -1.47. The number of carboxylic acid groups (broad SMARTS) is 1. The van der Waals surface area contributed by atoms with Crippen LogP contribution in [0.2, 0.25) is 0 Å². The van der Waals surface area contributed by atoms with Crippen LogP contribution >= 0.6 is 0 Å². The number of nitrogens with zero attached hydrogens (tertiary/aromatic N) is 1. The van der Waals surface area contributed by atoms with E-state index >= 15 is 0 Å². The van der Waals surface area contributed by atoms with Gasteiger partial charge in [0.05, 0.1) is 13.1 Å². The Hall–Kier alpha value is -1.63. The largest absolute Gasteiger partial charge is 0.480 e. The van der Waals surface area contributed by atoms with Crippen LogP contribution in [-0.2, 0) is 14.4 Å². The monoisotopic (exact) mass is 243 g/mol. The summed E-state index contributed by atoms with van der Waals surface area (Å²) in [7, 11) is 0. The summed E-state index contributed by atoms with van der Waals surface area (Å²) in [5, 5.41) is 11.5. The third kappa shape index (κ3) is 4.81. The first-order valence-electron chi connectivity index (χ1n) is 5.50. The van der Waals surface area contributed by atoms with Crippen LogP contribution in [0.15, 0.2) is 0 Å². The van der Waals surface area contributed by atoms with E-state index in [1.165, 1.54) is 4.90 Å². The smallest absolute Gasteiger partial charge is 0.317 e. The van der Waals surface area contributed by atoms with Crippen LogP contribution < -0.4 is 11.1 Å². The molecule has 0 saturated carbocycles. The zero-order valence-electron chi connectivity index (χ0n) is 9.52. The van der Waals surface area contributed by atoms with E-state index in [0.29, 0.717) is 13.0 Å². The Morgan fingerprint density at radius 3 is 2.76 bits per heavy atom. The number of amides is 2. The molecule has 0 aromatic rings. The fourth-order valence-corrected chi connectivity index (χ4v) is 1.95. The SMILES string of the molecule is NC(=O)CN(CC(=O)O)C1CCCNC(=O)C1. The molecule has 1 aliphatic rings. The molecule has 7 nitrogen and oxygen atoms in total. The van der Waals surface area contributed by atoms with Gasteiger partial charge in [-0.25, -0.2) is 0 Å². The van der Waals surface area contributed by atoms with Gasteiger partial charge in [-0.3, -0.25) is 19.3 Å². The normalized spacial score (nSPS) is 20.8. The van der Waals surface area contributed by atoms with Gasteiger partial charge in [-0.1, -0.05) is 0 Å². The van der Waals surface area contributed by atoms with Crippen LogP contribution in [-0.4, -0.2) is 53.5 Å². The maximum Gasteiger partial charge on any atom is 0.317 e. The van der Waals surface area contributed by atoms with E-state index in [1.807, 2.05) is 0 Å². The number of hydrogen-bond donors (Lipinski definition) is 3. The maximum atomic E-state index is 11.4. The van der Waals surface area contributed by atoms with Crippen molar-refractivity contribution in [2.24, 2.45) is 5.73 Å². The van der Waals surface area contributed by atoms with Crippen molar-refractivity contribution in [2.45, 2.75) is 25.3 Å². The molecule has 1 atom stereocenters. The molecule has 0 spiro atoms. The summed E-state index contributed by atoms with van der Waals surface area (Å²) in [6.07, 6.45) is 1.66. The van der Waals surface area contributed by atoms with Crippen molar-refractivity contribution < 1.29 is 19.5 Å². The van der Waals surface area contributed by atoms with Crippen LogP contribution in [0.4, 0.5) is 0 Å². The highest BCUT2D eigenvalue weighted by Crippen LogP contribution is 2.13. The summed E-state index contributed by atoms with van der Waals surface area (Å²) >= 11 is 0. The number of nitrogens with one attached hydrogen (secondary N) is 1.